The van der Waals surface area contributed by atoms with Crippen LogP contribution in [-0.2, 0) is 6.54 Å². The van der Waals surface area contributed by atoms with Crippen LogP contribution in [0.1, 0.15) is 26.5 Å². The molecule has 0 amide bonds. The molecule has 0 spiro atoms. The fourth-order valence-electron chi connectivity index (χ4n) is 1.55. The van der Waals surface area contributed by atoms with E-state index in [0.29, 0.717) is 5.69 Å². The first-order valence-corrected chi connectivity index (χ1v) is 5.52. The van der Waals surface area contributed by atoms with Crippen molar-refractivity contribution in [3.63, 3.8) is 0 Å². The van der Waals surface area contributed by atoms with Crippen molar-refractivity contribution in [1.29, 1.82) is 0 Å². The minimum Gasteiger partial charge on any atom is -0.394 e. The van der Waals surface area contributed by atoms with E-state index in [0.717, 1.165) is 18.1 Å². The van der Waals surface area contributed by atoms with Gasteiger partial charge >= 0.3 is 0 Å². The van der Waals surface area contributed by atoms with E-state index in [1.165, 1.54) is 0 Å². The molecule has 0 aromatic carbocycles. The second-order valence-electron chi connectivity index (χ2n) is 4.67. The molecule has 5 nitrogen and oxygen atoms in total. The zero-order valence-corrected chi connectivity index (χ0v) is 10.8. The Morgan fingerprint density at radius 3 is 2.50 bits per heavy atom. The van der Waals surface area contributed by atoms with Gasteiger partial charge in [0.2, 0.25) is 0 Å². The van der Waals surface area contributed by atoms with E-state index in [1.807, 2.05) is 44.3 Å². The topological polar surface area (TPSA) is 67.3 Å². The Labute approximate surface area is 96.9 Å². The number of anilines is 2. The normalized spacial score (nSPS) is 11.9. The van der Waals surface area contributed by atoms with E-state index < -0.39 is 0 Å². The smallest absolute Gasteiger partial charge is 0.150 e. The molecule has 92 valence electrons. The molecule has 0 saturated heterocycles. The van der Waals surface area contributed by atoms with Gasteiger partial charge in [0.25, 0.3) is 0 Å². The molecule has 0 saturated carbocycles. The number of likely N-dealkylation sites (N-methyl/N-ethyl adjacent to an activating group) is 1. The lowest BCUT2D eigenvalue weighted by Crippen LogP contribution is -2.45. The SMILES string of the molecule is CCn1nc(C)c(N)c1N(C)C(C)(C)CO. The van der Waals surface area contributed by atoms with Gasteiger partial charge in [-0.05, 0) is 27.7 Å². The Morgan fingerprint density at radius 2 is 2.06 bits per heavy atom. The van der Waals surface area contributed by atoms with Crippen molar-refractivity contribution in [3.05, 3.63) is 5.69 Å². The van der Waals surface area contributed by atoms with Crippen LogP contribution in [0, 0.1) is 6.92 Å². The molecular weight excluding hydrogens is 204 g/mol. The van der Waals surface area contributed by atoms with Crippen LogP contribution in [0.5, 0.6) is 0 Å². The van der Waals surface area contributed by atoms with Crippen LogP contribution in [0.25, 0.3) is 0 Å². The van der Waals surface area contributed by atoms with Crippen LogP contribution in [0.2, 0.25) is 0 Å². The zero-order valence-electron chi connectivity index (χ0n) is 10.8. The highest BCUT2D eigenvalue weighted by Gasteiger charge is 2.27. The number of aliphatic hydroxyl groups is 1. The van der Waals surface area contributed by atoms with Crippen molar-refractivity contribution in [1.82, 2.24) is 9.78 Å². The Hall–Kier alpha value is -1.23. The summed E-state index contributed by atoms with van der Waals surface area (Å²) in [5.74, 6) is 0.874. The van der Waals surface area contributed by atoms with Crippen molar-refractivity contribution in [2.45, 2.75) is 39.8 Å². The number of hydrogen-bond acceptors (Lipinski definition) is 4. The third-order valence-electron chi connectivity index (χ3n) is 3.06. The highest BCUT2D eigenvalue weighted by molar-refractivity contribution is 5.66. The molecule has 0 unspecified atom stereocenters. The van der Waals surface area contributed by atoms with E-state index in [1.54, 1.807) is 0 Å². The van der Waals surface area contributed by atoms with Gasteiger partial charge in [-0.15, -0.1) is 0 Å². The lowest BCUT2D eigenvalue weighted by atomic mass is 10.1. The summed E-state index contributed by atoms with van der Waals surface area (Å²) in [7, 11) is 1.93. The highest BCUT2D eigenvalue weighted by atomic mass is 16.3. The summed E-state index contributed by atoms with van der Waals surface area (Å²) in [5, 5.41) is 13.7. The second-order valence-corrected chi connectivity index (χ2v) is 4.67. The predicted octanol–water partition coefficient (Wildman–Crippen LogP) is 1.00. The monoisotopic (exact) mass is 226 g/mol. The summed E-state index contributed by atoms with van der Waals surface area (Å²) in [6.45, 7) is 8.68. The Morgan fingerprint density at radius 1 is 1.50 bits per heavy atom. The molecule has 0 fully saturated rings. The van der Waals surface area contributed by atoms with Gasteiger partial charge in [-0.1, -0.05) is 0 Å². The number of aryl methyl sites for hydroxylation is 2. The van der Waals surface area contributed by atoms with Crippen LogP contribution in [0.3, 0.4) is 0 Å². The van der Waals surface area contributed by atoms with Crippen LogP contribution in [-0.4, -0.2) is 34.1 Å². The molecule has 0 bridgehead atoms. The standard InChI is InChI=1S/C11H22N4O/c1-6-15-10(9(12)8(2)13-15)14(5)11(3,4)7-16/h16H,6-7,12H2,1-5H3. The highest BCUT2D eigenvalue weighted by Crippen LogP contribution is 2.30. The first-order chi connectivity index (χ1) is 7.35. The average molecular weight is 226 g/mol. The van der Waals surface area contributed by atoms with Crippen LogP contribution in [0.15, 0.2) is 0 Å². The Bertz CT molecular complexity index is 370. The number of aromatic nitrogens is 2. The van der Waals surface area contributed by atoms with Crippen LogP contribution in [0.4, 0.5) is 11.5 Å². The Kier molecular flexibility index (Phi) is 3.48. The largest absolute Gasteiger partial charge is 0.394 e. The first-order valence-electron chi connectivity index (χ1n) is 5.52. The van der Waals surface area contributed by atoms with Crippen molar-refractivity contribution in [2.75, 3.05) is 24.3 Å². The summed E-state index contributed by atoms with van der Waals surface area (Å²) < 4.78 is 1.86. The van der Waals surface area contributed by atoms with Crippen molar-refractivity contribution < 1.29 is 5.11 Å². The molecule has 1 rings (SSSR count). The predicted molar refractivity (Wildman–Crippen MR) is 66.6 cm³/mol. The zero-order chi connectivity index (χ0) is 12.5. The molecular formula is C11H22N4O. The molecule has 0 aliphatic heterocycles. The van der Waals surface area contributed by atoms with Gasteiger partial charge < -0.3 is 15.7 Å². The number of nitrogens with zero attached hydrogens (tertiary/aromatic N) is 3. The summed E-state index contributed by atoms with van der Waals surface area (Å²) in [4.78, 5) is 1.98. The van der Waals surface area contributed by atoms with Gasteiger partial charge in [0.05, 0.1) is 23.5 Å². The maximum Gasteiger partial charge on any atom is 0.150 e. The van der Waals surface area contributed by atoms with Gasteiger partial charge in [0.1, 0.15) is 0 Å². The number of nitrogens with two attached hydrogens (primary N) is 1. The molecule has 16 heavy (non-hydrogen) atoms. The van der Waals surface area contributed by atoms with E-state index >= 15 is 0 Å². The van der Waals surface area contributed by atoms with E-state index in [9.17, 15) is 5.11 Å². The molecule has 1 aromatic heterocycles. The lowest BCUT2D eigenvalue weighted by molar-refractivity contribution is 0.215. The number of aliphatic hydroxyl groups excluding tert-OH is 1. The summed E-state index contributed by atoms with van der Waals surface area (Å²) in [5.41, 5.74) is 7.19. The summed E-state index contributed by atoms with van der Waals surface area (Å²) in [6.07, 6.45) is 0. The maximum absolute atomic E-state index is 9.37. The van der Waals surface area contributed by atoms with Crippen molar-refractivity contribution in [2.24, 2.45) is 0 Å². The summed E-state index contributed by atoms with van der Waals surface area (Å²) in [6, 6.07) is 0. The molecule has 0 aliphatic carbocycles. The molecule has 0 aliphatic rings. The molecule has 0 radical (unpaired) electrons. The van der Waals surface area contributed by atoms with E-state index in [2.05, 4.69) is 5.10 Å². The third-order valence-corrected chi connectivity index (χ3v) is 3.06. The molecule has 1 heterocycles. The van der Waals surface area contributed by atoms with Crippen molar-refractivity contribution >= 4 is 11.5 Å². The van der Waals surface area contributed by atoms with E-state index in [4.69, 9.17) is 5.73 Å². The van der Waals surface area contributed by atoms with Gasteiger partial charge in [0, 0.05) is 13.6 Å². The van der Waals surface area contributed by atoms with Gasteiger partial charge in [-0.3, -0.25) is 0 Å². The molecule has 0 atom stereocenters. The first kappa shape index (κ1) is 12.8. The van der Waals surface area contributed by atoms with Gasteiger partial charge in [-0.25, -0.2) is 4.68 Å². The Balaban J connectivity index is 3.21. The number of rotatable bonds is 4. The molecule has 3 N–H and O–H groups in total. The molecule has 1 aromatic rings. The minimum atomic E-state index is -0.354. The maximum atomic E-state index is 9.37. The second kappa shape index (κ2) is 4.33. The van der Waals surface area contributed by atoms with Crippen molar-refractivity contribution in [3.8, 4) is 0 Å². The lowest BCUT2D eigenvalue weighted by Gasteiger charge is -2.36. The third kappa shape index (κ3) is 2.00. The van der Waals surface area contributed by atoms with Crippen LogP contribution < -0.4 is 10.6 Å². The number of hydrogen-bond donors (Lipinski definition) is 2. The minimum absolute atomic E-state index is 0.0664. The average Bonchev–Trinajstić information content (AvgIpc) is 2.54. The summed E-state index contributed by atoms with van der Waals surface area (Å²) >= 11 is 0. The fraction of sp³-hybridized carbons (Fsp3) is 0.727. The number of nitrogen functional groups attached to an aromatic ring is 1. The van der Waals surface area contributed by atoms with Gasteiger partial charge in [-0.2, -0.15) is 5.10 Å². The van der Waals surface area contributed by atoms with E-state index in [-0.39, 0.29) is 12.1 Å². The molecule has 5 heteroatoms. The quantitative estimate of drug-likeness (QED) is 0.803. The fourth-order valence-corrected chi connectivity index (χ4v) is 1.55. The van der Waals surface area contributed by atoms with Gasteiger partial charge in [0.15, 0.2) is 5.82 Å². The van der Waals surface area contributed by atoms with Crippen LogP contribution >= 0.6 is 0 Å².